The van der Waals surface area contributed by atoms with Crippen molar-refractivity contribution >= 4 is 18.0 Å². The number of rotatable bonds is 6. The smallest absolute Gasteiger partial charge is 0.343 e. The Balaban J connectivity index is 3.53. The number of methoxy groups -OCH3 is 3. The van der Waals surface area contributed by atoms with Crippen molar-refractivity contribution in [2.45, 2.75) is 0 Å². The molecule has 0 saturated heterocycles. The van der Waals surface area contributed by atoms with E-state index >= 15 is 0 Å². The minimum absolute atomic E-state index is 0.204. The lowest BCUT2D eigenvalue weighted by molar-refractivity contribution is -0.139. The van der Waals surface area contributed by atoms with E-state index in [0.717, 1.165) is 6.08 Å². The van der Waals surface area contributed by atoms with Crippen molar-refractivity contribution in [2.75, 3.05) is 21.3 Å². The Morgan fingerprint density at radius 2 is 1.40 bits per heavy atom. The van der Waals surface area contributed by atoms with Crippen LogP contribution in [0.25, 0.3) is 6.08 Å². The van der Waals surface area contributed by atoms with Gasteiger partial charge < -0.3 is 24.4 Å². The molecule has 0 unspecified atom stereocenters. The molecule has 0 aliphatic heterocycles. The van der Waals surface area contributed by atoms with Gasteiger partial charge in [-0.15, -0.1) is 0 Å². The molecule has 1 aromatic carbocycles. The van der Waals surface area contributed by atoms with E-state index in [0.29, 0.717) is 5.75 Å². The topological polar surface area (TPSA) is 102 Å². The van der Waals surface area contributed by atoms with E-state index in [1.54, 1.807) is 0 Å². The molecule has 2 N–H and O–H groups in total. The summed E-state index contributed by atoms with van der Waals surface area (Å²) in [5.74, 6) is -2.21. The van der Waals surface area contributed by atoms with Gasteiger partial charge in [0.25, 0.3) is 0 Å². The first-order chi connectivity index (χ1) is 9.44. The van der Waals surface area contributed by atoms with Crippen molar-refractivity contribution < 1.29 is 34.0 Å². The van der Waals surface area contributed by atoms with Crippen LogP contribution in [0.5, 0.6) is 17.2 Å². The number of ether oxygens (including phenoxy) is 3. The lowest BCUT2D eigenvalue weighted by atomic mass is 10.1. The van der Waals surface area contributed by atoms with Gasteiger partial charge in [0.2, 0.25) is 0 Å². The molecule has 0 aromatic heterocycles. The number of hydrogen-bond acceptors (Lipinski definition) is 5. The Morgan fingerprint density at radius 3 is 1.70 bits per heavy atom. The summed E-state index contributed by atoms with van der Waals surface area (Å²) in [5, 5.41) is 17.8. The maximum Gasteiger partial charge on any atom is 0.343 e. The molecule has 20 heavy (non-hydrogen) atoms. The van der Waals surface area contributed by atoms with Gasteiger partial charge in [-0.2, -0.15) is 0 Å². The predicted octanol–water partition coefficient (Wildman–Crippen LogP) is 1.26. The van der Waals surface area contributed by atoms with E-state index in [9.17, 15) is 9.59 Å². The van der Waals surface area contributed by atoms with Gasteiger partial charge in [0.1, 0.15) is 22.8 Å². The number of carboxylic acids is 2. The Bertz CT molecular complexity index is 519. The summed E-state index contributed by atoms with van der Waals surface area (Å²) in [6.07, 6.45) is 0.974. The maximum absolute atomic E-state index is 10.9. The number of aliphatic carboxylic acids is 2. The molecular formula is C13H14O7. The summed E-state index contributed by atoms with van der Waals surface area (Å²) in [7, 11) is 4.18. The molecule has 0 saturated carbocycles. The molecule has 0 aliphatic rings. The average molecular weight is 282 g/mol. The highest BCUT2D eigenvalue weighted by Gasteiger charge is 2.19. The van der Waals surface area contributed by atoms with Crippen molar-refractivity contribution in [1.82, 2.24) is 0 Å². The van der Waals surface area contributed by atoms with Gasteiger partial charge in [0.05, 0.1) is 26.9 Å². The fraction of sp³-hybridized carbons (Fsp3) is 0.231. The third kappa shape index (κ3) is 3.19. The van der Waals surface area contributed by atoms with Crippen LogP contribution in [-0.2, 0) is 9.59 Å². The number of carboxylic acid groups (broad SMARTS) is 2. The highest BCUT2D eigenvalue weighted by atomic mass is 16.5. The van der Waals surface area contributed by atoms with Crippen LogP contribution >= 0.6 is 0 Å². The third-order valence-corrected chi connectivity index (χ3v) is 2.50. The first-order valence-electron chi connectivity index (χ1n) is 5.42. The molecule has 0 bridgehead atoms. The Kier molecular flexibility index (Phi) is 4.96. The molecule has 0 aliphatic carbocycles. The minimum Gasteiger partial charge on any atom is -0.496 e. The van der Waals surface area contributed by atoms with Gasteiger partial charge in [-0.25, -0.2) is 9.59 Å². The van der Waals surface area contributed by atoms with Crippen LogP contribution in [0.15, 0.2) is 17.7 Å². The van der Waals surface area contributed by atoms with Crippen LogP contribution in [-0.4, -0.2) is 43.5 Å². The lowest BCUT2D eigenvalue weighted by Crippen LogP contribution is -2.11. The van der Waals surface area contributed by atoms with Crippen molar-refractivity contribution in [2.24, 2.45) is 0 Å². The molecule has 0 heterocycles. The van der Waals surface area contributed by atoms with Crippen LogP contribution in [0.1, 0.15) is 5.56 Å². The molecule has 0 radical (unpaired) electrons. The first-order valence-corrected chi connectivity index (χ1v) is 5.42. The molecule has 0 atom stereocenters. The summed E-state index contributed by atoms with van der Waals surface area (Å²) in [4.78, 5) is 21.8. The molecule has 108 valence electrons. The van der Waals surface area contributed by atoms with E-state index in [1.807, 2.05) is 0 Å². The zero-order valence-electron chi connectivity index (χ0n) is 11.2. The molecule has 7 nitrogen and oxygen atoms in total. The van der Waals surface area contributed by atoms with Crippen LogP contribution < -0.4 is 14.2 Å². The third-order valence-electron chi connectivity index (χ3n) is 2.50. The highest BCUT2D eigenvalue weighted by molar-refractivity contribution is 6.16. The molecule has 7 heteroatoms. The zero-order chi connectivity index (χ0) is 15.3. The van der Waals surface area contributed by atoms with Crippen LogP contribution in [0, 0.1) is 0 Å². The van der Waals surface area contributed by atoms with Gasteiger partial charge in [-0.1, -0.05) is 0 Å². The van der Waals surface area contributed by atoms with Crippen molar-refractivity contribution in [1.29, 1.82) is 0 Å². The van der Waals surface area contributed by atoms with Gasteiger partial charge in [-0.3, -0.25) is 0 Å². The van der Waals surface area contributed by atoms with E-state index in [1.165, 1.54) is 33.5 Å². The summed E-state index contributed by atoms with van der Waals surface area (Å²) in [6.45, 7) is 0. The van der Waals surface area contributed by atoms with Gasteiger partial charge in [-0.05, 0) is 6.08 Å². The molecule has 0 amide bonds. The SMILES string of the molecule is COc1cc(OC)c(C=C(C(=O)O)C(=O)O)c(OC)c1. The van der Waals surface area contributed by atoms with Gasteiger partial charge >= 0.3 is 11.9 Å². The molecule has 1 rings (SSSR count). The molecular weight excluding hydrogens is 268 g/mol. The second-order valence-electron chi connectivity index (χ2n) is 3.61. The molecule has 0 fully saturated rings. The Labute approximate surface area is 115 Å². The number of benzene rings is 1. The van der Waals surface area contributed by atoms with E-state index in [4.69, 9.17) is 24.4 Å². The fourth-order valence-electron chi connectivity index (χ4n) is 1.53. The number of carbonyl (C=O) groups is 2. The Morgan fingerprint density at radius 1 is 0.950 bits per heavy atom. The first kappa shape index (κ1) is 15.4. The fourth-order valence-corrected chi connectivity index (χ4v) is 1.53. The van der Waals surface area contributed by atoms with Crippen molar-refractivity contribution in [3.05, 3.63) is 23.3 Å². The van der Waals surface area contributed by atoms with Crippen LogP contribution in [0.2, 0.25) is 0 Å². The van der Waals surface area contributed by atoms with E-state index in [-0.39, 0.29) is 17.1 Å². The van der Waals surface area contributed by atoms with E-state index in [2.05, 4.69) is 0 Å². The lowest BCUT2D eigenvalue weighted by Gasteiger charge is -2.12. The largest absolute Gasteiger partial charge is 0.496 e. The summed E-state index contributed by atoms with van der Waals surface area (Å²) >= 11 is 0. The van der Waals surface area contributed by atoms with Crippen molar-refractivity contribution in [3.8, 4) is 17.2 Å². The van der Waals surface area contributed by atoms with Crippen molar-refractivity contribution in [3.63, 3.8) is 0 Å². The van der Waals surface area contributed by atoms with Crippen LogP contribution in [0.3, 0.4) is 0 Å². The maximum atomic E-state index is 10.9. The predicted molar refractivity (Wildman–Crippen MR) is 69.3 cm³/mol. The quantitative estimate of drug-likeness (QED) is 0.460. The highest BCUT2D eigenvalue weighted by Crippen LogP contribution is 2.35. The van der Waals surface area contributed by atoms with E-state index < -0.39 is 17.5 Å². The molecule has 0 spiro atoms. The zero-order valence-corrected chi connectivity index (χ0v) is 11.2. The summed E-state index contributed by atoms with van der Waals surface area (Å²) < 4.78 is 15.2. The second kappa shape index (κ2) is 6.46. The monoisotopic (exact) mass is 282 g/mol. The average Bonchev–Trinajstić information content (AvgIpc) is 2.42. The normalized spacial score (nSPS) is 9.55. The summed E-state index contributed by atoms with van der Waals surface area (Å²) in [5.41, 5.74) is -0.595. The van der Waals surface area contributed by atoms with Gasteiger partial charge in [0, 0.05) is 12.1 Å². The Hall–Kier alpha value is -2.70. The van der Waals surface area contributed by atoms with Crippen LogP contribution in [0.4, 0.5) is 0 Å². The van der Waals surface area contributed by atoms with Gasteiger partial charge in [0.15, 0.2) is 0 Å². The summed E-state index contributed by atoms with van der Waals surface area (Å²) in [6, 6.07) is 2.99. The molecule has 1 aromatic rings. The number of hydrogen-bond donors (Lipinski definition) is 2. The minimum atomic E-state index is -1.56. The second-order valence-corrected chi connectivity index (χ2v) is 3.61. The standard InChI is InChI=1S/C13H14O7/c1-18-7-4-10(19-2)8(11(5-7)20-3)6-9(12(14)15)13(16)17/h4-6H,1-3H3,(H,14,15)(H,16,17).